The number of para-hydroxylation sites is 1. The van der Waals surface area contributed by atoms with Gasteiger partial charge < -0.3 is 0 Å². The first-order chi connectivity index (χ1) is 9.48. The number of benzene rings is 1. The van der Waals surface area contributed by atoms with E-state index >= 15 is 0 Å². The third kappa shape index (κ3) is 2.67. The summed E-state index contributed by atoms with van der Waals surface area (Å²) in [5.74, 6) is 0.390. The average molecular weight is 396 g/mol. The van der Waals surface area contributed by atoms with Crippen LogP contribution in [0, 0.1) is 5.92 Å². The first-order valence-electron chi connectivity index (χ1n) is 6.31. The predicted octanol–water partition coefficient (Wildman–Crippen LogP) is 0.307. The van der Waals surface area contributed by atoms with Crippen LogP contribution in [-0.2, 0) is 0 Å². The number of halogens is 4. The minimum absolute atomic E-state index is 0.0394. The fourth-order valence-corrected chi connectivity index (χ4v) is 5.07. The van der Waals surface area contributed by atoms with Gasteiger partial charge in [-0.05, 0) is 0 Å². The Labute approximate surface area is 126 Å². The number of fused-ring (bicyclic) bond motifs is 2. The van der Waals surface area contributed by atoms with Crippen molar-refractivity contribution in [2.24, 2.45) is 5.92 Å². The second-order valence-electron chi connectivity index (χ2n) is 4.93. The fourth-order valence-electron chi connectivity index (χ4n) is 2.97. The molecule has 1 aliphatic heterocycles. The van der Waals surface area contributed by atoms with Gasteiger partial charge >= 0.3 is 126 Å². The number of rotatable bonds is 3. The summed E-state index contributed by atoms with van der Waals surface area (Å²) in [6, 6.07) is 6.72. The van der Waals surface area contributed by atoms with Crippen LogP contribution in [0.15, 0.2) is 30.3 Å². The van der Waals surface area contributed by atoms with Gasteiger partial charge in [0.2, 0.25) is 0 Å². The van der Waals surface area contributed by atoms with Gasteiger partial charge in [0.25, 0.3) is 0 Å². The topological polar surface area (TPSA) is 12.5 Å². The molecule has 1 aromatic rings. The number of hydrogen-bond acceptors (Lipinski definition) is 2. The van der Waals surface area contributed by atoms with E-state index in [1.54, 1.807) is 18.2 Å². The molecule has 0 saturated carbocycles. The molecule has 0 spiro atoms. The Morgan fingerprint density at radius 2 is 2.05 bits per heavy atom. The van der Waals surface area contributed by atoms with Gasteiger partial charge in [0, 0.05) is 0 Å². The van der Waals surface area contributed by atoms with E-state index in [4.69, 9.17) is 0 Å². The van der Waals surface area contributed by atoms with Crippen LogP contribution in [0.3, 0.4) is 0 Å². The summed E-state index contributed by atoms with van der Waals surface area (Å²) in [6.45, 7) is 1.06. The van der Waals surface area contributed by atoms with Crippen LogP contribution >= 0.6 is 0 Å². The monoisotopic (exact) mass is 396 g/mol. The first kappa shape index (κ1) is 14.2. The second kappa shape index (κ2) is 5.22. The van der Waals surface area contributed by atoms with Gasteiger partial charge in [-0.2, -0.15) is 0 Å². The Morgan fingerprint density at radius 3 is 2.70 bits per heavy atom. The molecule has 0 aromatic heterocycles. The molecule has 0 radical (unpaired) electrons. The van der Waals surface area contributed by atoms with Crippen molar-refractivity contribution in [3.05, 3.63) is 35.9 Å². The Bertz CT molecular complexity index is 543. The molecule has 6 heteroatoms. The Balaban J connectivity index is 1.94. The third-order valence-corrected chi connectivity index (χ3v) is 5.99. The van der Waals surface area contributed by atoms with E-state index in [1.807, 2.05) is 0 Å². The molecule has 3 rings (SSSR count). The molecule has 1 heterocycles. The van der Waals surface area contributed by atoms with E-state index in [1.165, 1.54) is 6.07 Å². The molecule has 1 aromatic carbocycles. The number of nitrogens with zero attached hydrogens (tertiary/aromatic N) is 1. The quantitative estimate of drug-likeness (QED) is 0.415. The Hall–Kier alpha value is -0.760. The normalized spacial score (nSPS) is 26.1. The van der Waals surface area contributed by atoms with E-state index < -0.39 is 6.36 Å². The number of alkyl halides is 4. The zero-order chi connectivity index (χ0) is 14.3. The fraction of sp³-hybridized carbons (Fsp3) is 0.429. The molecule has 2 aliphatic rings. The van der Waals surface area contributed by atoms with Gasteiger partial charge in [-0.1, -0.05) is 0 Å². The summed E-state index contributed by atoms with van der Waals surface area (Å²) in [6.07, 6.45) is -1.49. The van der Waals surface area contributed by atoms with Crippen molar-refractivity contribution >= 4 is 5.57 Å². The van der Waals surface area contributed by atoms with Gasteiger partial charge in [-0.3, -0.25) is 0 Å². The Morgan fingerprint density at radius 1 is 1.30 bits per heavy atom. The van der Waals surface area contributed by atoms with Gasteiger partial charge in [-0.15, -0.1) is 0 Å². The van der Waals surface area contributed by atoms with Crippen LogP contribution in [0.1, 0.15) is 12.0 Å². The molecule has 1 saturated heterocycles. The molecule has 2 bridgehead atoms. The first-order valence-corrected chi connectivity index (χ1v) is 9.43. The molecule has 20 heavy (non-hydrogen) atoms. The molecule has 2 atom stereocenters. The van der Waals surface area contributed by atoms with E-state index in [0.29, 0.717) is 11.5 Å². The van der Waals surface area contributed by atoms with Gasteiger partial charge in [0.05, 0.1) is 0 Å². The summed E-state index contributed by atoms with van der Waals surface area (Å²) in [4.78, 5) is 2.19. The summed E-state index contributed by atoms with van der Waals surface area (Å²) < 4.78 is 44.1. The van der Waals surface area contributed by atoms with E-state index in [-0.39, 0.29) is 33.3 Å². The van der Waals surface area contributed by atoms with Crippen molar-refractivity contribution in [1.82, 2.24) is 3.11 Å². The van der Waals surface area contributed by atoms with Crippen LogP contribution in [0.2, 0.25) is 0 Å². The maximum atomic E-state index is 12.5. The molecule has 0 amide bonds. The molecular formula is C14H14F3INO-. The van der Waals surface area contributed by atoms with Crippen LogP contribution in [-0.4, -0.2) is 27.0 Å². The van der Waals surface area contributed by atoms with Crippen molar-refractivity contribution in [2.75, 3.05) is 11.5 Å². The van der Waals surface area contributed by atoms with Crippen LogP contribution < -0.4 is 26.2 Å². The van der Waals surface area contributed by atoms with Gasteiger partial charge in [0.1, 0.15) is 0 Å². The Kier molecular flexibility index (Phi) is 3.70. The SMILES string of the molecule is C[I-]N1CC2C=C(c3ccccc3OC(F)(F)F)C1C2. The minimum atomic E-state index is -4.65. The maximum absolute atomic E-state index is 12.5. The predicted molar refractivity (Wildman–Crippen MR) is 65.6 cm³/mol. The van der Waals surface area contributed by atoms with Crippen molar-refractivity contribution < 1.29 is 39.4 Å². The standard InChI is InChI=1S/C14H14F3INO/c1-18-19-8-9-6-11(12(19)7-9)10-4-2-3-5-13(10)20-14(15,16)17/h2-6,9,12H,7-8H2,1H3/q-1. The van der Waals surface area contributed by atoms with Crippen LogP contribution in [0.5, 0.6) is 5.75 Å². The van der Waals surface area contributed by atoms with Crippen molar-refractivity contribution in [3.8, 4) is 5.75 Å². The summed E-state index contributed by atoms with van der Waals surface area (Å²) >= 11 is -0.0394. The molecule has 110 valence electrons. The van der Waals surface area contributed by atoms with Crippen molar-refractivity contribution in [3.63, 3.8) is 0 Å². The molecule has 2 unspecified atom stereocenters. The zero-order valence-electron chi connectivity index (χ0n) is 10.8. The molecule has 2 nitrogen and oxygen atoms in total. The molecular weight excluding hydrogens is 382 g/mol. The molecule has 0 N–H and O–H groups in total. The van der Waals surface area contributed by atoms with E-state index in [0.717, 1.165) is 18.5 Å². The number of hydrogen-bond donors (Lipinski definition) is 0. The van der Waals surface area contributed by atoms with E-state index in [2.05, 4.69) is 18.9 Å². The summed E-state index contributed by atoms with van der Waals surface area (Å²) in [7, 11) is 0. The second-order valence-corrected chi connectivity index (χ2v) is 7.13. The van der Waals surface area contributed by atoms with Crippen LogP contribution in [0.4, 0.5) is 13.2 Å². The van der Waals surface area contributed by atoms with Crippen molar-refractivity contribution in [2.45, 2.75) is 18.8 Å². The average Bonchev–Trinajstić information content (AvgIpc) is 2.96. The number of ether oxygens (including phenoxy) is 1. The van der Waals surface area contributed by atoms with Crippen molar-refractivity contribution in [1.29, 1.82) is 0 Å². The van der Waals surface area contributed by atoms with E-state index in [9.17, 15) is 13.2 Å². The van der Waals surface area contributed by atoms with Gasteiger partial charge in [0.15, 0.2) is 0 Å². The molecule has 1 aliphatic carbocycles. The summed E-state index contributed by atoms with van der Waals surface area (Å²) in [5, 5.41) is 0. The molecule has 1 fully saturated rings. The van der Waals surface area contributed by atoms with Crippen LogP contribution in [0.25, 0.3) is 5.57 Å². The zero-order valence-corrected chi connectivity index (χ0v) is 13.0. The third-order valence-electron chi connectivity index (χ3n) is 3.69. The summed E-state index contributed by atoms with van der Waals surface area (Å²) in [5.41, 5.74) is 1.59. The van der Waals surface area contributed by atoms with Gasteiger partial charge in [-0.25, -0.2) is 0 Å².